The minimum atomic E-state index is -0.666. The van der Waals surface area contributed by atoms with Gasteiger partial charge in [-0.15, -0.1) is 12.4 Å². The Labute approximate surface area is 97.3 Å². The quantitative estimate of drug-likeness (QED) is 0.838. The lowest BCUT2D eigenvalue weighted by atomic mass is 10.1. The molecule has 0 spiro atoms. The number of nitrogens with zero attached hydrogens (tertiary/aromatic N) is 2. The molecule has 0 atom stereocenters. The normalized spacial score (nSPS) is 9.94. The predicted molar refractivity (Wildman–Crippen MR) is 60.2 cm³/mol. The number of halogens is 3. The number of rotatable bonds is 1. The lowest BCUT2D eigenvalue weighted by Crippen LogP contribution is -1.92. The fourth-order valence-electron chi connectivity index (χ4n) is 1.40. The van der Waals surface area contributed by atoms with E-state index in [2.05, 4.69) is 5.10 Å². The molecule has 0 bridgehead atoms. The molecule has 0 aliphatic heterocycles. The minimum Gasteiger partial charge on any atom is -0.396 e. The van der Waals surface area contributed by atoms with E-state index in [1.807, 2.05) is 0 Å². The molecule has 3 nitrogen and oxygen atoms in total. The van der Waals surface area contributed by atoms with Gasteiger partial charge in [0.25, 0.3) is 0 Å². The number of hydrogen-bond acceptors (Lipinski definition) is 2. The maximum Gasteiger partial charge on any atom is 0.135 e. The van der Waals surface area contributed by atoms with Gasteiger partial charge in [-0.3, -0.25) is 4.68 Å². The Bertz CT molecular complexity index is 511. The van der Waals surface area contributed by atoms with Gasteiger partial charge in [-0.25, -0.2) is 8.78 Å². The highest BCUT2D eigenvalue weighted by Crippen LogP contribution is 2.26. The highest BCUT2D eigenvalue weighted by Gasteiger charge is 2.12. The van der Waals surface area contributed by atoms with Crippen LogP contribution in [0.5, 0.6) is 0 Å². The average molecular weight is 246 g/mol. The first-order valence-electron chi connectivity index (χ1n) is 4.32. The first kappa shape index (κ1) is 12.4. The van der Waals surface area contributed by atoms with Gasteiger partial charge >= 0.3 is 0 Å². The van der Waals surface area contributed by atoms with Gasteiger partial charge in [0.05, 0.1) is 5.69 Å². The Kier molecular flexibility index (Phi) is 3.49. The summed E-state index contributed by atoms with van der Waals surface area (Å²) >= 11 is 0. The number of nitrogens with two attached hydrogens (primary N) is 1. The molecule has 0 saturated carbocycles. The summed E-state index contributed by atoms with van der Waals surface area (Å²) in [6, 6.07) is 3.30. The number of benzene rings is 1. The lowest BCUT2D eigenvalue weighted by molar-refractivity contribution is 0.585. The monoisotopic (exact) mass is 245 g/mol. The molecule has 0 radical (unpaired) electrons. The van der Waals surface area contributed by atoms with Gasteiger partial charge in [0.1, 0.15) is 17.3 Å². The molecule has 86 valence electrons. The van der Waals surface area contributed by atoms with Crippen LogP contribution in [-0.2, 0) is 7.05 Å². The second kappa shape index (κ2) is 4.49. The van der Waals surface area contributed by atoms with E-state index in [1.165, 1.54) is 16.8 Å². The summed E-state index contributed by atoms with van der Waals surface area (Å²) in [5.41, 5.74) is 6.53. The fourth-order valence-corrected chi connectivity index (χ4v) is 1.40. The number of nitrogen functional groups attached to an aromatic ring is 1. The standard InChI is InChI=1S/C10H9F2N3.ClH/c1-15-5-9(13)10(14-15)7-3-2-6(11)4-8(7)12;/h2-5H,13H2,1H3;1H. The molecule has 16 heavy (non-hydrogen) atoms. The van der Waals surface area contributed by atoms with Gasteiger partial charge in [-0.2, -0.15) is 5.10 Å². The van der Waals surface area contributed by atoms with Crippen LogP contribution in [0.4, 0.5) is 14.5 Å². The van der Waals surface area contributed by atoms with E-state index in [-0.39, 0.29) is 18.0 Å². The third kappa shape index (κ3) is 2.14. The van der Waals surface area contributed by atoms with Crippen LogP contribution in [0.1, 0.15) is 0 Å². The highest BCUT2D eigenvalue weighted by atomic mass is 35.5. The van der Waals surface area contributed by atoms with E-state index in [0.717, 1.165) is 6.07 Å². The second-order valence-corrected chi connectivity index (χ2v) is 3.23. The van der Waals surface area contributed by atoms with E-state index in [9.17, 15) is 8.78 Å². The van der Waals surface area contributed by atoms with Crippen molar-refractivity contribution in [3.05, 3.63) is 36.0 Å². The van der Waals surface area contributed by atoms with Crippen LogP contribution in [0.15, 0.2) is 24.4 Å². The van der Waals surface area contributed by atoms with Gasteiger partial charge in [0.15, 0.2) is 0 Å². The van der Waals surface area contributed by atoms with Crippen molar-refractivity contribution in [3.8, 4) is 11.3 Å². The summed E-state index contributed by atoms with van der Waals surface area (Å²) in [5, 5.41) is 4.00. The van der Waals surface area contributed by atoms with Crippen molar-refractivity contribution in [2.45, 2.75) is 0 Å². The van der Waals surface area contributed by atoms with Crippen LogP contribution < -0.4 is 5.73 Å². The first-order chi connectivity index (χ1) is 7.08. The zero-order chi connectivity index (χ0) is 11.0. The van der Waals surface area contributed by atoms with E-state index < -0.39 is 11.6 Å². The topological polar surface area (TPSA) is 43.8 Å². The van der Waals surface area contributed by atoms with Gasteiger partial charge in [0, 0.05) is 24.9 Å². The van der Waals surface area contributed by atoms with Crippen LogP contribution in [0.2, 0.25) is 0 Å². The summed E-state index contributed by atoms with van der Waals surface area (Å²) in [6.45, 7) is 0. The summed E-state index contributed by atoms with van der Waals surface area (Å²) in [4.78, 5) is 0. The third-order valence-electron chi connectivity index (χ3n) is 2.04. The number of anilines is 1. The largest absolute Gasteiger partial charge is 0.396 e. The Morgan fingerprint density at radius 3 is 2.50 bits per heavy atom. The van der Waals surface area contributed by atoms with Gasteiger partial charge in [0.2, 0.25) is 0 Å². The van der Waals surface area contributed by atoms with Gasteiger partial charge in [-0.1, -0.05) is 0 Å². The van der Waals surface area contributed by atoms with E-state index in [0.29, 0.717) is 11.4 Å². The Morgan fingerprint density at radius 1 is 1.31 bits per heavy atom. The molecule has 2 N–H and O–H groups in total. The molecule has 1 aromatic carbocycles. The maximum atomic E-state index is 13.4. The average Bonchev–Trinajstić information content (AvgIpc) is 2.45. The Hall–Kier alpha value is -1.62. The molecular formula is C10H10ClF2N3. The van der Waals surface area contributed by atoms with Crippen molar-refractivity contribution in [1.82, 2.24) is 9.78 Å². The van der Waals surface area contributed by atoms with Crippen molar-refractivity contribution in [2.24, 2.45) is 7.05 Å². The molecule has 2 aromatic rings. The molecule has 6 heteroatoms. The Morgan fingerprint density at radius 2 is 2.00 bits per heavy atom. The summed E-state index contributed by atoms with van der Waals surface area (Å²) < 4.78 is 27.5. The first-order valence-corrected chi connectivity index (χ1v) is 4.32. The predicted octanol–water partition coefficient (Wildman–Crippen LogP) is 2.37. The van der Waals surface area contributed by atoms with Crippen LogP contribution in [0, 0.1) is 11.6 Å². The van der Waals surface area contributed by atoms with Crippen molar-refractivity contribution < 1.29 is 8.78 Å². The molecule has 0 saturated heterocycles. The molecule has 0 fully saturated rings. The van der Waals surface area contributed by atoms with Crippen LogP contribution in [0.3, 0.4) is 0 Å². The molecule has 2 rings (SSSR count). The number of aryl methyl sites for hydroxylation is 1. The molecule has 0 amide bonds. The molecule has 1 heterocycles. The highest BCUT2D eigenvalue weighted by molar-refractivity contribution is 5.85. The molecule has 1 aromatic heterocycles. The van der Waals surface area contributed by atoms with Gasteiger partial charge in [-0.05, 0) is 12.1 Å². The van der Waals surface area contributed by atoms with Crippen molar-refractivity contribution in [3.63, 3.8) is 0 Å². The van der Waals surface area contributed by atoms with Crippen LogP contribution >= 0.6 is 12.4 Å². The molecule has 0 aliphatic rings. The zero-order valence-electron chi connectivity index (χ0n) is 8.45. The maximum absolute atomic E-state index is 13.4. The number of aromatic nitrogens is 2. The molecular weight excluding hydrogens is 236 g/mol. The SMILES string of the molecule is Cl.Cn1cc(N)c(-c2ccc(F)cc2F)n1. The van der Waals surface area contributed by atoms with Crippen LogP contribution in [0.25, 0.3) is 11.3 Å². The minimum absolute atomic E-state index is 0. The smallest absolute Gasteiger partial charge is 0.135 e. The summed E-state index contributed by atoms with van der Waals surface area (Å²) in [7, 11) is 1.68. The van der Waals surface area contributed by atoms with Crippen LogP contribution in [-0.4, -0.2) is 9.78 Å². The third-order valence-corrected chi connectivity index (χ3v) is 2.04. The van der Waals surface area contributed by atoms with Crippen molar-refractivity contribution >= 4 is 18.1 Å². The zero-order valence-corrected chi connectivity index (χ0v) is 9.26. The molecule has 0 aliphatic carbocycles. The fraction of sp³-hybridized carbons (Fsp3) is 0.100. The van der Waals surface area contributed by atoms with E-state index in [4.69, 9.17) is 5.73 Å². The number of hydrogen-bond donors (Lipinski definition) is 1. The van der Waals surface area contributed by atoms with E-state index in [1.54, 1.807) is 13.2 Å². The van der Waals surface area contributed by atoms with E-state index >= 15 is 0 Å². The second-order valence-electron chi connectivity index (χ2n) is 3.23. The van der Waals surface area contributed by atoms with Gasteiger partial charge < -0.3 is 5.73 Å². The summed E-state index contributed by atoms with van der Waals surface area (Å²) in [6.07, 6.45) is 1.57. The van der Waals surface area contributed by atoms with Crippen molar-refractivity contribution in [1.29, 1.82) is 0 Å². The molecule has 0 unspecified atom stereocenters. The Balaban J connectivity index is 0.00000128. The lowest BCUT2D eigenvalue weighted by Gasteiger charge is -2.00. The van der Waals surface area contributed by atoms with Crippen molar-refractivity contribution in [2.75, 3.05) is 5.73 Å². The summed E-state index contributed by atoms with van der Waals surface area (Å²) in [5.74, 6) is -1.29.